The molecule has 3 rings (SSSR count). The summed E-state index contributed by atoms with van der Waals surface area (Å²) in [7, 11) is 0. The summed E-state index contributed by atoms with van der Waals surface area (Å²) < 4.78 is 38.7. The maximum Gasteiger partial charge on any atom is 0.416 e. The van der Waals surface area contributed by atoms with E-state index in [1.165, 1.54) is 23.5 Å². The van der Waals surface area contributed by atoms with Crippen molar-refractivity contribution < 1.29 is 23.1 Å². The Kier molecular flexibility index (Phi) is 2.98. The van der Waals surface area contributed by atoms with Crippen LogP contribution in [-0.4, -0.2) is 21.3 Å². The molecule has 0 unspecified atom stereocenters. The van der Waals surface area contributed by atoms with Crippen molar-refractivity contribution >= 4 is 27.4 Å². The highest BCUT2D eigenvalue weighted by Crippen LogP contribution is 2.37. The number of carboxylic acid groups (broad SMARTS) is 1. The fourth-order valence-electron chi connectivity index (χ4n) is 1.91. The highest BCUT2D eigenvalue weighted by atomic mass is 32.1. The molecule has 21 heavy (non-hydrogen) atoms. The largest absolute Gasteiger partial charge is 0.476 e. The summed E-state index contributed by atoms with van der Waals surface area (Å²) in [5, 5.41) is 15.4. The number of thiophene rings is 1. The molecule has 108 valence electrons. The Morgan fingerprint density at radius 2 is 2.00 bits per heavy atom. The molecule has 0 aliphatic heterocycles. The minimum absolute atomic E-state index is 0.140. The molecule has 0 aliphatic rings. The minimum Gasteiger partial charge on any atom is -0.476 e. The van der Waals surface area contributed by atoms with Gasteiger partial charge in [0, 0.05) is 4.70 Å². The molecular formula is C13H7F3N2O2S. The first-order chi connectivity index (χ1) is 9.84. The molecule has 0 amide bonds. The molecule has 2 heterocycles. The zero-order chi connectivity index (χ0) is 15.2. The first-order valence-electron chi connectivity index (χ1n) is 5.74. The van der Waals surface area contributed by atoms with Crippen molar-refractivity contribution in [2.24, 2.45) is 0 Å². The maximum absolute atomic E-state index is 12.7. The number of aromatic amines is 1. The third kappa shape index (κ3) is 2.49. The van der Waals surface area contributed by atoms with Gasteiger partial charge in [-0.05, 0) is 35.7 Å². The molecule has 0 radical (unpaired) electrons. The maximum atomic E-state index is 12.7. The molecule has 1 aromatic carbocycles. The third-order valence-electron chi connectivity index (χ3n) is 2.91. The number of benzene rings is 1. The van der Waals surface area contributed by atoms with Gasteiger partial charge < -0.3 is 5.11 Å². The van der Waals surface area contributed by atoms with Crippen LogP contribution in [0.2, 0.25) is 0 Å². The van der Waals surface area contributed by atoms with Gasteiger partial charge in [-0.2, -0.15) is 18.3 Å². The van der Waals surface area contributed by atoms with Crippen molar-refractivity contribution in [1.82, 2.24) is 10.2 Å². The summed E-state index contributed by atoms with van der Waals surface area (Å²) in [5.74, 6) is -1.17. The lowest BCUT2D eigenvalue weighted by Gasteiger charge is -2.05. The zero-order valence-corrected chi connectivity index (χ0v) is 11.0. The summed E-state index contributed by atoms with van der Waals surface area (Å²) >= 11 is 1.26. The van der Waals surface area contributed by atoms with Gasteiger partial charge in [0.1, 0.15) is 0 Å². The van der Waals surface area contributed by atoms with Crippen LogP contribution in [0.3, 0.4) is 0 Å². The van der Waals surface area contributed by atoms with Crippen LogP contribution in [0.4, 0.5) is 13.2 Å². The number of hydrogen-bond donors (Lipinski definition) is 2. The van der Waals surface area contributed by atoms with Crippen LogP contribution in [0.25, 0.3) is 20.7 Å². The normalized spacial score (nSPS) is 12.0. The number of alkyl halides is 3. The van der Waals surface area contributed by atoms with Gasteiger partial charge in [-0.15, -0.1) is 11.3 Å². The van der Waals surface area contributed by atoms with Crippen LogP contribution >= 0.6 is 11.3 Å². The van der Waals surface area contributed by atoms with Gasteiger partial charge in [-0.1, -0.05) is 0 Å². The number of fused-ring (bicyclic) bond motifs is 1. The van der Waals surface area contributed by atoms with Crippen LogP contribution in [0, 0.1) is 0 Å². The number of rotatable bonds is 2. The van der Waals surface area contributed by atoms with Crippen LogP contribution in [0.5, 0.6) is 0 Å². The quantitative estimate of drug-likeness (QED) is 0.751. The number of carboxylic acids is 1. The molecule has 0 atom stereocenters. The lowest BCUT2D eigenvalue weighted by atomic mass is 10.1. The van der Waals surface area contributed by atoms with E-state index < -0.39 is 17.7 Å². The number of hydrogen-bond acceptors (Lipinski definition) is 3. The Balaban J connectivity index is 2.06. The summed E-state index contributed by atoms with van der Waals surface area (Å²) in [4.78, 5) is 11.4. The van der Waals surface area contributed by atoms with Gasteiger partial charge in [-0.25, -0.2) is 4.79 Å². The monoisotopic (exact) mass is 312 g/mol. The van der Waals surface area contributed by atoms with Gasteiger partial charge in [-0.3, -0.25) is 5.10 Å². The van der Waals surface area contributed by atoms with Crippen LogP contribution in [0.15, 0.2) is 30.3 Å². The molecule has 3 aromatic rings. The molecule has 0 spiro atoms. The fraction of sp³-hybridized carbons (Fsp3) is 0.0769. The number of aromatic nitrogens is 2. The topological polar surface area (TPSA) is 66.0 Å². The second-order valence-electron chi connectivity index (χ2n) is 4.33. The second-order valence-corrected chi connectivity index (χ2v) is 5.42. The minimum atomic E-state index is -4.39. The van der Waals surface area contributed by atoms with E-state index in [9.17, 15) is 18.0 Å². The first kappa shape index (κ1) is 13.6. The molecule has 4 nitrogen and oxygen atoms in total. The van der Waals surface area contributed by atoms with Gasteiger partial charge in [0.2, 0.25) is 0 Å². The van der Waals surface area contributed by atoms with Crippen molar-refractivity contribution in [2.75, 3.05) is 0 Å². The van der Waals surface area contributed by atoms with E-state index in [0.29, 0.717) is 20.7 Å². The number of nitrogens with one attached hydrogen (secondary N) is 1. The predicted octanol–water partition coefficient (Wildman–Crippen LogP) is 4.01. The SMILES string of the molecule is O=C(O)c1cc(-c2cc3cc(C(F)(F)F)ccc3s2)[nH]n1. The second kappa shape index (κ2) is 4.59. The Morgan fingerprint density at radius 3 is 2.62 bits per heavy atom. The van der Waals surface area contributed by atoms with E-state index >= 15 is 0 Å². The average Bonchev–Trinajstić information content (AvgIpc) is 3.03. The van der Waals surface area contributed by atoms with E-state index in [0.717, 1.165) is 12.1 Å². The van der Waals surface area contributed by atoms with Crippen molar-refractivity contribution in [2.45, 2.75) is 6.18 Å². The van der Waals surface area contributed by atoms with Gasteiger partial charge in [0.05, 0.1) is 16.1 Å². The van der Waals surface area contributed by atoms with E-state index in [-0.39, 0.29) is 5.69 Å². The molecule has 0 aliphatic carbocycles. The van der Waals surface area contributed by atoms with Crippen LogP contribution in [-0.2, 0) is 6.18 Å². The van der Waals surface area contributed by atoms with Gasteiger partial charge in [0.15, 0.2) is 5.69 Å². The summed E-state index contributed by atoms with van der Waals surface area (Å²) in [6.07, 6.45) is -4.39. The standard InChI is InChI=1S/C13H7F3N2O2S/c14-13(15,16)7-1-2-10-6(3-7)4-11(21-10)8-5-9(12(19)20)18-17-8/h1-5H,(H,17,18)(H,19,20). The number of nitrogens with zero attached hydrogens (tertiary/aromatic N) is 1. The molecule has 0 saturated carbocycles. The lowest BCUT2D eigenvalue weighted by Crippen LogP contribution is -2.03. The highest BCUT2D eigenvalue weighted by Gasteiger charge is 2.30. The van der Waals surface area contributed by atoms with Crippen molar-refractivity contribution in [3.05, 3.63) is 41.6 Å². The average molecular weight is 312 g/mol. The molecule has 0 bridgehead atoms. The number of aromatic carboxylic acids is 1. The predicted molar refractivity (Wildman–Crippen MR) is 71.4 cm³/mol. The van der Waals surface area contributed by atoms with E-state index in [1.54, 1.807) is 6.07 Å². The number of carbonyl (C=O) groups is 1. The highest BCUT2D eigenvalue weighted by molar-refractivity contribution is 7.22. The Morgan fingerprint density at radius 1 is 1.24 bits per heavy atom. The molecule has 0 saturated heterocycles. The van der Waals surface area contributed by atoms with Crippen LogP contribution < -0.4 is 0 Å². The smallest absolute Gasteiger partial charge is 0.416 e. The molecule has 0 fully saturated rings. The Hall–Kier alpha value is -2.35. The van der Waals surface area contributed by atoms with Crippen molar-refractivity contribution in [1.29, 1.82) is 0 Å². The van der Waals surface area contributed by atoms with Gasteiger partial charge >= 0.3 is 12.1 Å². The van der Waals surface area contributed by atoms with E-state index in [2.05, 4.69) is 10.2 Å². The Bertz CT molecular complexity index is 835. The summed E-state index contributed by atoms with van der Waals surface area (Å²) in [5.41, 5.74) is -0.393. The molecule has 8 heteroatoms. The number of H-pyrrole nitrogens is 1. The fourth-order valence-corrected chi connectivity index (χ4v) is 2.92. The molecule has 2 aromatic heterocycles. The molecular weight excluding hydrogens is 305 g/mol. The van der Waals surface area contributed by atoms with Crippen LogP contribution in [0.1, 0.15) is 16.1 Å². The summed E-state index contributed by atoms with van der Waals surface area (Å²) in [6.45, 7) is 0. The first-order valence-corrected chi connectivity index (χ1v) is 6.56. The molecule has 2 N–H and O–H groups in total. The third-order valence-corrected chi connectivity index (χ3v) is 4.06. The van der Waals surface area contributed by atoms with Gasteiger partial charge in [0.25, 0.3) is 0 Å². The summed E-state index contributed by atoms with van der Waals surface area (Å²) in [6, 6.07) is 6.43. The van der Waals surface area contributed by atoms with E-state index in [4.69, 9.17) is 5.11 Å². The Labute approximate surface area is 119 Å². The van der Waals surface area contributed by atoms with Crippen molar-refractivity contribution in [3.63, 3.8) is 0 Å². The van der Waals surface area contributed by atoms with Crippen molar-refractivity contribution in [3.8, 4) is 10.6 Å². The number of halogens is 3. The lowest BCUT2D eigenvalue weighted by molar-refractivity contribution is -0.137. The zero-order valence-electron chi connectivity index (χ0n) is 10.2. The van der Waals surface area contributed by atoms with E-state index in [1.807, 2.05) is 0 Å².